The van der Waals surface area contributed by atoms with Gasteiger partial charge in [-0.3, -0.25) is 0 Å². The van der Waals surface area contributed by atoms with Crippen molar-refractivity contribution in [3.8, 4) is 23.0 Å². The topological polar surface area (TPSA) is 94.5 Å². The molecule has 2 aromatic carbocycles. The molecule has 7 heteroatoms. The summed E-state index contributed by atoms with van der Waals surface area (Å²) >= 11 is 0. The summed E-state index contributed by atoms with van der Waals surface area (Å²) in [5.41, 5.74) is -0.120. The van der Waals surface area contributed by atoms with Gasteiger partial charge < -0.3 is 29.2 Å². The fourth-order valence-electron chi connectivity index (χ4n) is 3.49. The summed E-state index contributed by atoms with van der Waals surface area (Å²) in [5.74, 6) is 0.384. The maximum Gasteiger partial charge on any atom is 0.338 e. The van der Waals surface area contributed by atoms with Gasteiger partial charge in [0.2, 0.25) is 0 Å². The van der Waals surface area contributed by atoms with Gasteiger partial charge in [-0.25, -0.2) is 4.79 Å². The standard InChI is InChI=1S/C21H24O7/c1-25-17-7-5-13(9-19(17)27-3)8-15-12-28-20(23)21(15,24)11-14-4-6-16(22)18(10-14)26-2/h4-7,9-10,15,22,24H,8,11-12H2,1-3H3/t15-,21+/m0/s1. The van der Waals surface area contributed by atoms with Crippen LogP contribution in [0, 0.1) is 5.92 Å². The molecule has 3 rings (SSSR count). The van der Waals surface area contributed by atoms with E-state index in [1.807, 2.05) is 12.1 Å². The molecule has 1 fully saturated rings. The Balaban J connectivity index is 1.84. The van der Waals surface area contributed by atoms with E-state index >= 15 is 0 Å². The van der Waals surface area contributed by atoms with Crippen LogP contribution in [0.25, 0.3) is 0 Å². The van der Waals surface area contributed by atoms with Crippen LogP contribution in [0.15, 0.2) is 36.4 Å². The Bertz CT molecular complexity index is 864. The third-order valence-corrected chi connectivity index (χ3v) is 5.09. The molecule has 2 atom stereocenters. The molecule has 2 N–H and O–H groups in total. The fourth-order valence-corrected chi connectivity index (χ4v) is 3.49. The Morgan fingerprint density at radius 3 is 2.32 bits per heavy atom. The second-order valence-corrected chi connectivity index (χ2v) is 6.80. The molecule has 0 saturated carbocycles. The van der Waals surface area contributed by atoms with E-state index in [9.17, 15) is 15.0 Å². The highest BCUT2D eigenvalue weighted by Gasteiger charge is 2.51. The zero-order valence-electron chi connectivity index (χ0n) is 16.1. The number of methoxy groups -OCH3 is 3. The molecule has 1 aliphatic heterocycles. The number of aliphatic hydroxyl groups is 1. The number of hydrogen-bond acceptors (Lipinski definition) is 7. The SMILES string of the molecule is COc1cc(C[C@]2(O)C(=O)OC[C@@H]2Cc2ccc(OC)c(OC)c2)ccc1O. The van der Waals surface area contributed by atoms with Gasteiger partial charge in [0.15, 0.2) is 28.6 Å². The average molecular weight is 388 g/mol. The van der Waals surface area contributed by atoms with E-state index in [0.717, 1.165) is 5.56 Å². The largest absolute Gasteiger partial charge is 0.504 e. The van der Waals surface area contributed by atoms with Crippen LogP contribution >= 0.6 is 0 Å². The lowest BCUT2D eigenvalue weighted by Crippen LogP contribution is -2.44. The minimum Gasteiger partial charge on any atom is -0.504 e. The van der Waals surface area contributed by atoms with E-state index in [2.05, 4.69) is 0 Å². The van der Waals surface area contributed by atoms with Crippen molar-refractivity contribution in [2.45, 2.75) is 18.4 Å². The minimum atomic E-state index is -1.67. The third-order valence-electron chi connectivity index (χ3n) is 5.09. The van der Waals surface area contributed by atoms with Gasteiger partial charge in [0.05, 0.1) is 27.9 Å². The van der Waals surface area contributed by atoms with Gasteiger partial charge in [0.1, 0.15) is 0 Å². The molecule has 0 radical (unpaired) electrons. The number of phenolic OH excluding ortho intramolecular Hbond substituents is 1. The molecule has 0 aliphatic carbocycles. The van der Waals surface area contributed by atoms with Crippen molar-refractivity contribution in [3.63, 3.8) is 0 Å². The van der Waals surface area contributed by atoms with Crippen LogP contribution in [0.3, 0.4) is 0 Å². The van der Waals surface area contributed by atoms with Crippen molar-refractivity contribution < 1.29 is 34.0 Å². The van der Waals surface area contributed by atoms with E-state index in [-0.39, 0.29) is 24.5 Å². The monoisotopic (exact) mass is 388 g/mol. The summed E-state index contributed by atoms with van der Waals surface area (Å²) in [6.07, 6.45) is 0.484. The van der Waals surface area contributed by atoms with Gasteiger partial charge in [-0.2, -0.15) is 0 Å². The summed E-state index contributed by atoms with van der Waals surface area (Å²) in [7, 11) is 4.56. The van der Waals surface area contributed by atoms with E-state index in [4.69, 9.17) is 18.9 Å². The Kier molecular flexibility index (Phi) is 5.65. The first kappa shape index (κ1) is 19.8. The predicted octanol–water partition coefficient (Wildman–Crippen LogP) is 2.11. The molecule has 0 aromatic heterocycles. The van der Waals surface area contributed by atoms with Crippen molar-refractivity contribution in [2.75, 3.05) is 27.9 Å². The molecular weight excluding hydrogens is 364 g/mol. The van der Waals surface area contributed by atoms with Crippen LogP contribution in [-0.4, -0.2) is 49.7 Å². The molecule has 1 heterocycles. The number of carbonyl (C=O) groups is 1. The van der Waals surface area contributed by atoms with Gasteiger partial charge in [0, 0.05) is 12.3 Å². The van der Waals surface area contributed by atoms with Crippen LogP contribution in [0.1, 0.15) is 11.1 Å². The first-order valence-corrected chi connectivity index (χ1v) is 8.87. The van der Waals surface area contributed by atoms with Crippen LogP contribution in [0.5, 0.6) is 23.0 Å². The van der Waals surface area contributed by atoms with E-state index in [0.29, 0.717) is 23.5 Å². The molecule has 2 aromatic rings. The average Bonchev–Trinajstić information content (AvgIpc) is 2.97. The van der Waals surface area contributed by atoms with Crippen molar-refractivity contribution in [1.29, 1.82) is 0 Å². The first-order valence-electron chi connectivity index (χ1n) is 8.87. The molecule has 1 aliphatic rings. The summed E-state index contributed by atoms with van der Waals surface area (Å²) in [5, 5.41) is 20.9. The van der Waals surface area contributed by atoms with Crippen LogP contribution in [0.4, 0.5) is 0 Å². The zero-order chi connectivity index (χ0) is 20.3. The Morgan fingerprint density at radius 1 is 1.00 bits per heavy atom. The highest BCUT2D eigenvalue weighted by molar-refractivity contribution is 5.82. The van der Waals surface area contributed by atoms with Crippen LogP contribution in [0.2, 0.25) is 0 Å². The Hall–Kier alpha value is -2.93. The summed E-state index contributed by atoms with van der Waals surface area (Å²) < 4.78 is 20.9. The fraction of sp³-hybridized carbons (Fsp3) is 0.381. The molecule has 1 saturated heterocycles. The minimum absolute atomic E-state index is 0.00545. The number of esters is 1. The highest BCUT2D eigenvalue weighted by atomic mass is 16.6. The number of rotatable bonds is 7. The maximum atomic E-state index is 12.3. The first-order chi connectivity index (χ1) is 13.4. The molecular formula is C21H24O7. The van der Waals surface area contributed by atoms with Gasteiger partial charge in [-0.05, 0) is 41.8 Å². The number of carbonyl (C=O) groups excluding carboxylic acids is 1. The Morgan fingerprint density at radius 2 is 1.64 bits per heavy atom. The molecule has 7 nitrogen and oxygen atoms in total. The zero-order valence-corrected chi connectivity index (χ0v) is 16.1. The molecule has 150 valence electrons. The van der Waals surface area contributed by atoms with Crippen molar-refractivity contribution in [3.05, 3.63) is 47.5 Å². The van der Waals surface area contributed by atoms with E-state index in [1.54, 1.807) is 32.4 Å². The number of hydrogen-bond donors (Lipinski definition) is 2. The molecule has 0 unspecified atom stereocenters. The van der Waals surface area contributed by atoms with E-state index < -0.39 is 17.5 Å². The number of phenols is 1. The predicted molar refractivity (Wildman–Crippen MR) is 101 cm³/mol. The van der Waals surface area contributed by atoms with Gasteiger partial charge in [-0.15, -0.1) is 0 Å². The maximum absolute atomic E-state index is 12.3. The summed E-state index contributed by atoms with van der Waals surface area (Å²) in [6.45, 7) is 0.124. The lowest BCUT2D eigenvalue weighted by atomic mass is 9.81. The number of aromatic hydroxyl groups is 1. The van der Waals surface area contributed by atoms with Gasteiger partial charge in [0.25, 0.3) is 0 Å². The van der Waals surface area contributed by atoms with Crippen molar-refractivity contribution in [1.82, 2.24) is 0 Å². The molecule has 28 heavy (non-hydrogen) atoms. The lowest BCUT2D eigenvalue weighted by molar-refractivity contribution is -0.154. The smallest absolute Gasteiger partial charge is 0.338 e. The van der Waals surface area contributed by atoms with Gasteiger partial charge in [-0.1, -0.05) is 12.1 Å². The number of benzene rings is 2. The summed E-state index contributed by atoms with van der Waals surface area (Å²) in [4.78, 5) is 12.3. The highest BCUT2D eigenvalue weighted by Crippen LogP contribution is 2.36. The molecule has 0 amide bonds. The normalized spacial score (nSPS) is 21.3. The lowest BCUT2D eigenvalue weighted by Gasteiger charge is -2.26. The van der Waals surface area contributed by atoms with Crippen LogP contribution < -0.4 is 14.2 Å². The molecule has 0 spiro atoms. The second kappa shape index (κ2) is 7.98. The quantitative estimate of drug-likeness (QED) is 0.702. The van der Waals surface area contributed by atoms with Crippen LogP contribution in [-0.2, 0) is 22.4 Å². The number of ether oxygens (including phenoxy) is 4. The van der Waals surface area contributed by atoms with Crippen molar-refractivity contribution >= 4 is 5.97 Å². The summed E-state index contributed by atoms with van der Waals surface area (Å²) in [6, 6.07) is 10.2. The molecule has 0 bridgehead atoms. The van der Waals surface area contributed by atoms with Gasteiger partial charge >= 0.3 is 5.97 Å². The van der Waals surface area contributed by atoms with Crippen molar-refractivity contribution in [2.24, 2.45) is 5.92 Å². The second-order valence-electron chi connectivity index (χ2n) is 6.80. The third kappa shape index (κ3) is 3.71. The number of cyclic esters (lactones) is 1. The Labute approximate surface area is 163 Å². The van der Waals surface area contributed by atoms with E-state index in [1.165, 1.54) is 13.2 Å².